The second kappa shape index (κ2) is 5.54. The minimum atomic E-state index is -3.08. The number of rotatable bonds is 3. The Morgan fingerprint density at radius 1 is 1.39 bits per heavy atom. The van der Waals surface area contributed by atoms with Crippen LogP contribution in [0.5, 0.6) is 0 Å². The molecular weight excluding hydrogens is 254 g/mol. The van der Waals surface area contributed by atoms with Crippen molar-refractivity contribution in [2.45, 2.75) is 25.8 Å². The lowest BCUT2D eigenvalue weighted by Gasteiger charge is -2.34. The Balaban J connectivity index is 1.84. The van der Waals surface area contributed by atoms with Crippen molar-refractivity contribution < 1.29 is 13.2 Å². The van der Waals surface area contributed by atoms with Gasteiger partial charge in [0.1, 0.15) is 0 Å². The molecule has 1 unspecified atom stereocenters. The first-order valence-corrected chi connectivity index (χ1v) is 8.09. The molecule has 2 saturated heterocycles. The first-order chi connectivity index (χ1) is 8.50. The molecule has 2 fully saturated rings. The molecule has 0 radical (unpaired) electrons. The zero-order valence-corrected chi connectivity index (χ0v) is 11.6. The molecule has 7 heteroatoms. The second-order valence-corrected chi connectivity index (χ2v) is 7.05. The summed E-state index contributed by atoms with van der Waals surface area (Å²) in [6.45, 7) is 5.25. The van der Waals surface area contributed by atoms with E-state index in [0.717, 1.165) is 13.1 Å². The largest absolute Gasteiger partial charge is 0.337 e. The number of hydrogen-bond donors (Lipinski definition) is 1. The van der Waals surface area contributed by atoms with Gasteiger partial charge < -0.3 is 10.2 Å². The normalized spacial score (nSPS) is 28.5. The molecule has 6 nitrogen and oxygen atoms in total. The molecular formula is C11H21N3O3S. The zero-order valence-electron chi connectivity index (χ0n) is 10.8. The van der Waals surface area contributed by atoms with E-state index in [1.54, 1.807) is 0 Å². The molecule has 1 amide bonds. The number of nitrogens with zero attached hydrogens (tertiary/aromatic N) is 2. The fourth-order valence-corrected chi connectivity index (χ4v) is 4.05. The highest BCUT2D eigenvalue weighted by Crippen LogP contribution is 2.14. The summed E-state index contributed by atoms with van der Waals surface area (Å²) in [4.78, 5) is 13.9. The van der Waals surface area contributed by atoms with Gasteiger partial charge in [-0.05, 0) is 13.3 Å². The molecule has 2 aliphatic rings. The van der Waals surface area contributed by atoms with Crippen molar-refractivity contribution in [2.24, 2.45) is 0 Å². The fourth-order valence-electron chi connectivity index (χ4n) is 2.52. The standard InChI is InChI=1S/C11H21N3O3S/c1-10-9-12-4-7-14(10)11(15)3-6-13-5-2-8-18(13,16)17/h10,12H,2-9H2,1H3. The average molecular weight is 275 g/mol. The molecule has 1 N–H and O–H groups in total. The highest BCUT2D eigenvalue weighted by atomic mass is 32.2. The van der Waals surface area contributed by atoms with E-state index in [1.807, 2.05) is 11.8 Å². The summed E-state index contributed by atoms with van der Waals surface area (Å²) in [5.41, 5.74) is 0. The summed E-state index contributed by atoms with van der Waals surface area (Å²) in [5, 5.41) is 3.23. The van der Waals surface area contributed by atoms with E-state index in [4.69, 9.17) is 0 Å². The van der Waals surface area contributed by atoms with Crippen LogP contribution in [0.15, 0.2) is 0 Å². The van der Waals surface area contributed by atoms with Gasteiger partial charge in [0.2, 0.25) is 15.9 Å². The van der Waals surface area contributed by atoms with E-state index in [2.05, 4.69) is 5.32 Å². The lowest BCUT2D eigenvalue weighted by atomic mass is 10.2. The predicted molar refractivity (Wildman–Crippen MR) is 68.6 cm³/mol. The van der Waals surface area contributed by atoms with Crippen LogP contribution in [0, 0.1) is 0 Å². The van der Waals surface area contributed by atoms with E-state index < -0.39 is 10.0 Å². The van der Waals surface area contributed by atoms with Crippen LogP contribution >= 0.6 is 0 Å². The monoisotopic (exact) mass is 275 g/mol. The van der Waals surface area contributed by atoms with Crippen LogP contribution in [0.4, 0.5) is 0 Å². The summed E-state index contributed by atoms with van der Waals surface area (Å²) >= 11 is 0. The third kappa shape index (κ3) is 3.02. The van der Waals surface area contributed by atoms with E-state index in [9.17, 15) is 13.2 Å². The SMILES string of the molecule is CC1CNCCN1C(=O)CCN1CCCS1(=O)=O. The Hall–Kier alpha value is -0.660. The first kappa shape index (κ1) is 13.8. The molecule has 0 aromatic heterocycles. The lowest BCUT2D eigenvalue weighted by Crippen LogP contribution is -2.52. The van der Waals surface area contributed by atoms with Crippen LogP contribution in [-0.4, -0.2) is 68.0 Å². The van der Waals surface area contributed by atoms with E-state index in [0.29, 0.717) is 32.5 Å². The van der Waals surface area contributed by atoms with Gasteiger partial charge in [0, 0.05) is 45.2 Å². The van der Waals surface area contributed by atoms with Crippen molar-refractivity contribution in [1.82, 2.24) is 14.5 Å². The summed E-state index contributed by atoms with van der Waals surface area (Å²) < 4.78 is 24.7. The van der Waals surface area contributed by atoms with Gasteiger partial charge in [-0.2, -0.15) is 0 Å². The number of piperazine rings is 1. The maximum absolute atomic E-state index is 12.1. The molecule has 0 aromatic rings. The van der Waals surface area contributed by atoms with Crippen molar-refractivity contribution in [3.8, 4) is 0 Å². The molecule has 2 rings (SSSR count). The Morgan fingerprint density at radius 2 is 2.17 bits per heavy atom. The highest BCUT2D eigenvalue weighted by Gasteiger charge is 2.29. The van der Waals surface area contributed by atoms with Crippen molar-refractivity contribution in [3.05, 3.63) is 0 Å². The smallest absolute Gasteiger partial charge is 0.224 e. The van der Waals surface area contributed by atoms with Gasteiger partial charge in [-0.15, -0.1) is 0 Å². The summed E-state index contributed by atoms with van der Waals surface area (Å²) in [7, 11) is -3.08. The number of sulfonamides is 1. The summed E-state index contributed by atoms with van der Waals surface area (Å²) in [6, 6.07) is 0.196. The van der Waals surface area contributed by atoms with Gasteiger partial charge in [0.25, 0.3) is 0 Å². The topological polar surface area (TPSA) is 69.7 Å². The number of amides is 1. The number of nitrogens with one attached hydrogen (secondary N) is 1. The fraction of sp³-hybridized carbons (Fsp3) is 0.909. The number of carbonyl (C=O) groups is 1. The molecule has 104 valence electrons. The minimum absolute atomic E-state index is 0.0612. The quantitative estimate of drug-likeness (QED) is 0.734. The predicted octanol–water partition coefficient (Wildman–Crippen LogP) is -0.768. The van der Waals surface area contributed by atoms with Gasteiger partial charge in [0.15, 0.2) is 0 Å². The van der Waals surface area contributed by atoms with Gasteiger partial charge in [-0.1, -0.05) is 0 Å². The maximum Gasteiger partial charge on any atom is 0.224 e. The third-order valence-electron chi connectivity index (χ3n) is 3.60. The zero-order chi connectivity index (χ0) is 13.2. The van der Waals surface area contributed by atoms with Crippen LogP contribution in [0.1, 0.15) is 19.8 Å². The molecule has 0 bridgehead atoms. The maximum atomic E-state index is 12.1. The molecule has 0 saturated carbocycles. The van der Waals surface area contributed by atoms with Crippen LogP contribution < -0.4 is 5.32 Å². The van der Waals surface area contributed by atoms with Gasteiger partial charge in [0.05, 0.1) is 5.75 Å². The van der Waals surface area contributed by atoms with Crippen LogP contribution in [0.25, 0.3) is 0 Å². The molecule has 18 heavy (non-hydrogen) atoms. The van der Waals surface area contributed by atoms with Crippen LogP contribution in [0.3, 0.4) is 0 Å². The van der Waals surface area contributed by atoms with Crippen molar-refractivity contribution in [2.75, 3.05) is 38.5 Å². The Kier molecular flexibility index (Phi) is 4.24. The van der Waals surface area contributed by atoms with E-state index in [-0.39, 0.29) is 17.7 Å². The summed E-state index contributed by atoms with van der Waals surface area (Å²) in [5.74, 6) is 0.289. The molecule has 2 aliphatic heterocycles. The van der Waals surface area contributed by atoms with Crippen molar-refractivity contribution >= 4 is 15.9 Å². The lowest BCUT2D eigenvalue weighted by molar-refractivity contribution is -0.134. The minimum Gasteiger partial charge on any atom is -0.337 e. The second-order valence-electron chi connectivity index (χ2n) is 4.96. The number of hydrogen-bond acceptors (Lipinski definition) is 4. The van der Waals surface area contributed by atoms with Gasteiger partial charge in [-0.3, -0.25) is 4.79 Å². The van der Waals surface area contributed by atoms with Gasteiger partial charge in [-0.25, -0.2) is 12.7 Å². The molecule has 0 spiro atoms. The summed E-state index contributed by atoms with van der Waals surface area (Å²) in [6.07, 6.45) is 0.976. The van der Waals surface area contributed by atoms with Crippen molar-refractivity contribution in [3.63, 3.8) is 0 Å². The Morgan fingerprint density at radius 3 is 2.78 bits per heavy atom. The van der Waals surface area contributed by atoms with E-state index in [1.165, 1.54) is 4.31 Å². The Bertz CT molecular complexity index is 410. The highest BCUT2D eigenvalue weighted by molar-refractivity contribution is 7.89. The van der Waals surface area contributed by atoms with E-state index >= 15 is 0 Å². The van der Waals surface area contributed by atoms with Crippen LogP contribution in [-0.2, 0) is 14.8 Å². The first-order valence-electron chi connectivity index (χ1n) is 6.49. The molecule has 2 heterocycles. The number of carbonyl (C=O) groups excluding carboxylic acids is 1. The Labute approximate surface area is 108 Å². The van der Waals surface area contributed by atoms with Gasteiger partial charge >= 0.3 is 0 Å². The van der Waals surface area contributed by atoms with Crippen molar-refractivity contribution in [1.29, 1.82) is 0 Å². The average Bonchev–Trinajstić information content (AvgIpc) is 2.66. The third-order valence-corrected chi connectivity index (χ3v) is 5.56. The van der Waals surface area contributed by atoms with Crippen LogP contribution in [0.2, 0.25) is 0 Å². The molecule has 0 aliphatic carbocycles. The molecule has 0 aromatic carbocycles. The molecule has 1 atom stereocenters.